The summed E-state index contributed by atoms with van der Waals surface area (Å²) in [7, 11) is 0. The van der Waals surface area contributed by atoms with Gasteiger partial charge in [0, 0.05) is 0 Å². The van der Waals surface area contributed by atoms with E-state index in [-0.39, 0.29) is 24.7 Å². The van der Waals surface area contributed by atoms with E-state index >= 15 is 0 Å². The molecule has 0 N–H and O–H groups in total. The number of carbonyl (C=O) groups excluding carboxylic acids is 1. The minimum Gasteiger partial charge on any atom is -0.491 e. The van der Waals surface area contributed by atoms with Crippen molar-refractivity contribution >= 4 is 5.97 Å². The van der Waals surface area contributed by atoms with Crippen molar-refractivity contribution in [2.24, 2.45) is 0 Å². The number of benzene rings is 1. The van der Waals surface area contributed by atoms with E-state index in [1.54, 1.807) is 13.8 Å². The molecule has 0 aliphatic heterocycles. The quantitative estimate of drug-likeness (QED) is 0.790. The van der Waals surface area contributed by atoms with Gasteiger partial charge in [-0.25, -0.2) is 9.18 Å². The van der Waals surface area contributed by atoms with Crippen molar-refractivity contribution in [1.29, 1.82) is 0 Å². The Bertz CT molecular complexity index is 725. The van der Waals surface area contributed by atoms with Crippen LogP contribution in [0.1, 0.15) is 24.3 Å². The molecule has 2 rings (SSSR count). The molecule has 0 amide bonds. The van der Waals surface area contributed by atoms with E-state index in [1.165, 1.54) is 24.3 Å². The zero-order valence-corrected chi connectivity index (χ0v) is 12.2. The van der Waals surface area contributed by atoms with Gasteiger partial charge in [0.05, 0.1) is 25.0 Å². The molecule has 6 nitrogen and oxygen atoms in total. The van der Waals surface area contributed by atoms with Gasteiger partial charge in [-0.2, -0.15) is 9.78 Å². The van der Waals surface area contributed by atoms with Gasteiger partial charge in [-0.1, -0.05) is 0 Å². The van der Waals surface area contributed by atoms with Gasteiger partial charge in [-0.3, -0.25) is 4.79 Å². The van der Waals surface area contributed by atoms with Crippen molar-refractivity contribution in [3.8, 4) is 11.4 Å². The van der Waals surface area contributed by atoms with Crippen LogP contribution in [0.3, 0.4) is 0 Å². The van der Waals surface area contributed by atoms with Crippen molar-refractivity contribution in [1.82, 2.24) is 9.78 Å². The van der Waals surface area contributed by atoms with Crippen molar-refractivity contribution in [2.75, 3.05) is 13.2 Å². The second kappa shape index (κ2) is 6.84. The van der Waals surface area contributed by atoms with Crippen LogP contribution in [0.15, 0.2) is 35.1 Å². The average molecular weight is 306 g/mol. The third-order valence-corrected chi connectivity index (χ3v) is 2.74. The zero-order chi connectivity index (χ0) is 16.1. The summed E-state index contributed by atoms with van der Waals surface area (Å²) in [5, 5.41) is 3.99. The summed E-state index contributed by atoms with van der Waals surface area (Å²) in [6.07, 6.45) is 0. The van der Waals surface area contributed by atoms with Crippen LogP contribution in [0, 0.1) is 5.82 Å². The summed E-state index contributed by atoms with van der Waals surface area (Å²) >= 11 is 0. The number of halogens is 1. The largest absolute Gasteiger partial charge is 0.491 e. The molecule has 0 radical (unpaired) electrons. The van der Waals surface area contributed by atoms with Gasteiger partial charge in [-0.05, 0) is 38.1 Å². The lowest BCUT2D eigenvalue weighted by molar-refractivity contribution is 0.0512. The molecule has 116 valence electrons. The third-order valence-electron chi connectivity index (χ3n) is 2.74. The maximum atomic E-state index is 13.0. The Morgan fingerprint density at radius 1 is 1.23 bits per heavy atom. The molecule has 1 aromatic heterocycles. The number of rotatable bonds is 5. The number of hydrogen-bond donors (Lipinski definition) is 0. The second-order valence-electron chi connectivity index (χ2n) is 4.24. The summed E-state index contributed by atoms with van der Waals surface area (Å²) in [5.41, 5.74) is -0.268. The van der Waals surface area contributed by atoms with Crippen LogP contribution >= 0.6 is 0 Å². The lowest BCUT2D eigenvalue weighted by Crippen LogP contribution is -2.25. The van der Waals surface area contributed by atoms with Crippen molar-refractivity contribution in [3.05, 3.63) is 52.2 Å². The first-order chi connectivity index (χ1) is 10.6. The van der Waals surface area contributed by atoms with E-state index < -0.39 is 17.3 Å². The maximum absolute atomic E-state index is 13.0. The topological polar surface area (TPSA) is 70.4 Å². The van der Waals surface area contributed by atoms with E-state index in [9.17, 15) is 14.0 Å². The molecule has 0 aliphatic rings. The van der Waals surface area contributed by atoms with Crippen molar-refractivity contribution in [2.45, 2.75) is 13.8 Å². The maximum Gasteiger partial charge on any atom is 0.362 e. The third kappa shape index (κ3) is 3.30. The lowest BCUT2D eigenvalue weighted by Gasteiger charge is -2.11. The van der Waals surface area contributed by atoms with Crippen LogP contribution in [-0.2, 0) is 4.74 Å². The van der Waals surface area contributed by atoms with E-state index in [0.717, 1.165) is 10.7 Å². The smallest absolute Gasteiger partial charge is 0.362 e. The predicted octanol–water partition coefficient (Wildman–Crippen LogP) is 1.95. The molecule has 0 fully saturated rings. The van der Waals surface area contributed by atoms with Crippen LogP contribution in [0.2, 0.25) is 0 Å². The van der Waals surface area contributed by atoms with Crippen LogP contribution in [-0.4, -0.2) is 29.0 Å². The molecule has 0 spiro atoms. The Kier molecular flexibility index (Phi) is 4.88. The Labute approximate surface area is 126 Å². The van der Waals surface area contributed by atoms with E-state index in [0.29, 0.717) is 5.69 Å². The molecule has 2 aromatic rings. The van der Waals surface area contributed by atoms with Gasteiger partial charge >= 0.3 is 5.97 Å². The molecule has 0 atom stereocenters. The summed E-state index contributed by atoms with van der Waals surface area (Å²) < 4.78 is 24.1. The first-order valence-electron chi connectivity index (χ1n) is 6.77. The van der Waals surface area contributed by atoms with E-state index in [1.807, 2.05) is 0 Å². The Morgan fingerprint density at radius 3 is 2.50 bits per heavy atom. The highest BCUT2D eigenvalue weighted by atomic mass is 19.1. The normalized spacial score (nSPS) is 10.3. The monoisotopic (exact) mass is 306 g/mol. The molecule has 1 aromatic carbocycles. The van der Waals surface area contributed by atoms with Crippen LogP contribution in [0.25, 0.3) is 5.69 Å². The first kappa shape index (κ1) is 15.7. The fourth-order valence-electron chi connectivity index (χ4n) is 1.81. The summed E-state index contributed by atoms with van der Waals surface area (Å²) in [6.45, 7) is 3.82. The van der Waals surface area contributed by atoms with Gasteiger partial charge in [0.2, 0.25) is 5.69 Å². The van der Waals surface area contributed by atoms with Crippen molar-refractivity contribution in [3.63, 3.8) is 0 Å². The van der Waals surface area contributed by atoms with Crippen LogP contribution < -0.4 is 10.3 Å². The zero-order valence-electron chi connectivity index (χ0n) is 12.2. The minimum atomic E-state index is -0.693. The van der Waals surface area contributed by atoms with Crippen LogP contribution in [0.5, 0.6) is 5.75 Å². The van der Waals surface area contributed by atoms with Gasteiger partial charge in [-0.15, -0.1) is 0 Å². The number of nitrogens with zero attached hydrogens (tertiary/aromatic N) is 2. The fourth-order valence-corrected chi connectivity index (χ4v) is 1.81. The number of hydrogen-bond acceptors (Lipinski definition) is 5. The highest BCUT2D eigenvalue weighted by Gasteiger charge is 2.19. The summed E-state index contributed by atoms with van der Waals surface area (Å²) in [5.74, 6) is -1.07. The molecule has 0 saturated heterocycles. The van der Waals surface area contributed by atoms with E-state index in [4.69, 9.17) is 9.47 Å². The number of ether oxygens (including phenoxy) is 2. The van der Waals surface area contributed by atoms with Gasteiger partial charge in [0.25, 0.3) is 5.56 Å². The van der Waals surface area contributed by atoms with Crippen molar-refractivity contribution < 1.29 is 18.7 Å². The van der Waals surface area contributed by atoms with Gasteiger partial charge in [0.1, 0.15) is 5.82 Å². The predicted molar refractivity (Wildman–Crippen MR) is 76.9 cm³/mol. The molecule has 0 aliphatic carbocycles. The summed E-state index contributed by atoms with van der Waals surface area (Å²) in [4.78, 5) is 24.1. The summed E-state index contributed by atoms with van der Waals surface area (Å²) in [6, 6.07) is 6.33. The first-order valence-corrected chi connectivity index (χ1v) is 6.77. The number of aromatic nitrogens is 2. The lowest BCUT2D eigenvalue weighted by atomic mass is 10.3. The van der Waals surface area contributed by atoms with Gasteiger partial charge in [0.15, 0.2) is 5.75 Å². The molecule has 22 heavy (non-hydrogen) atoms. The molecule has 0 unspecified atom stereocenters. The molecule has 0 bridgehead atoms. The Hall–Kier alpha value is -2.70. The second-order valence-corrected chi connectivity index (χ2v) is 4.24. The molecule has 7 heteroatoms. The Morgan fingerprint density at radius 2 is 1.91 bits per heavy atom. The van der Waals surface area contributed by atoms with Gasteiger partial charge < -0.3 is 9.47 Å². The highest BCUT2D eigenvalue weighted by Crippen LogP contribution is 2.16. The minimum absolute atomic E-state index is 0.0595. The molecular formula is C15H15FN2O4. The number of esters is 1. The standard InChI is InChI=1S/C15H15FN2O4/c1-3-21-12-9-13(19)18(11-7-5-10(16)6-8-11)17-14(12)15(20)22-4-2/h5-9H,3-4H2,1-2H3. The number of carbonyl (C=O) groups is 1. The average Bonchev–Trinajstić information content (AvgIpc) is 2.49. The molecular weight excluding hydrogens is 291 g/mol. The molecule has 0 saturated carbocycles. The SMILES string of the molecule is CCOC(=O)c1nn(-c2ccc(F)cc2)c(=O)cc1OCC. The molecule has 1 heterocycles. The van der Waals surface area contributed by atoms with Crippen LogP contribution in [0.4, 0.5) is 4.39 Å². The Balaban J connectivity index is 2.56. The highest BCUT2D eigenvalue weighted by molar-refractivity contribution is 5.90. The van der Waals surface area contributed by atoms with E-state index in [2.05, 4.69) is 5.10 Å². The fraction of sp³-hybridized carbons (Fsp3) is 0.267.